The second-order valence-corrected chi connectivity index (χ2v) is 8.99. The van der Waals surface area contributed by atoms with E-state index in [-0.39, 0.29) is 11.9 Å². The molecule has 3 aromatic heterocycles. The Morgan fingerprint density at radius 3 is 2.76 bits per heavy atom. The van der Waals surface area contributed by atoms with Gasteiger partial charge in [-0.25, -0.2) is 15.0 Å². The van der Waals surface area contributed by atoms with Crippen molar-refractivity contribution >= 4 is 55.6 Å². The summed E-state index contributed by atoms with van der Waals surface area (Å²) in [6.07, 6.45) is 3.71. The Hall–Kier alpha value is -3.37. The Morgan fingerprint density at radius 1 is 1.15 bits per heavy atom. The first kappa shape index (κ1) is 21.5. The van der Waals surface area contributed by atoms with E-state index in [2.05, 4.69) is 30.9 Å². The van der Waals surface area contributed by atoms with Crippen LogP contribution in [0, 0.1) is 5.95 Å². The fraction of sp³-hybridized carbons (Fsp3) is 0.304. The highest BCUT2D eigenvalue weighted by atomic mass is 32.1. The van der Waals surface area contributed by atoms with E-state index in [0.717, 1.165) is 46.2 Å². The molecule has 0 spiro atoms. The lowest BCUT2D eigenvalue weighted by atomic mass is 10.1. The van der Waals surface area contributed by atoms with Crippen LogP contribution in [0.1, 0.15) is 29.4 Å². The van der Waals surface area contributed by atoms with Gasteiger partial charge in [0.25, 0.3) is 5.91 Å². The standard InChI is InChI=1S/C19H15FN6OS.C4H8O/c1-9-7-21-17-16-10-2-5-14(26-15-6-13(20)22-8-23-15)25-11(10)3-4-12(16)28-18(17)19(27)24-9;1-2-4-5-3-1/h2-6,8-9,21H,7H2,1H3,(H,24,27)(H,22,23,25,26);1-4H2/t9-;/m1./s1. The normalized spacial score (nSPS) is 17.5. The van der Waals surface area contributed by atoms with Crippen LogP contribution in [0.25, 0.3) is 21.0 Å². The summed E-state index contributed by atoms with van der Waals surface area (Å²) < 4.78 is 19.2. The molecule has 1 atom stereocenters. The van der Waals surface area contributed by atoms with Crippen molar-refractivity contribution < 1.29 is 13.9 Å². The summed E-state index contributed by atoms with van der Waals surface area (Å²) in [6, 6.07) is 8.91. The highest BCUT2D eigenvalue weighted by molar-refractivity contribution is 7.21. The minimum absolute atomic E-state index is 0.0549. The Kier molecular flexibility index (Phi) is 6.01. The average Bonchev–Trinajstić information content (AvgIpc) is 3.47. The molecular formula is C23H23FN6O2S. The fourth-order valence-corrected chi connectivity index (χ4v) is 4.94. The molecule has 10 heteroatoms. The minimum atomic E-state index is -0.612. The maximum Gasteiger partial charge on any atom is 0.263 e. The Labute approximate surface area is 193 Å². The number of nitrogens with zero attached hydrogens (tertiary/aromatic N) is 3. The lowest BCUT2D eigenvalue weighted by molar-refractivity contribution is 0.0949. The number of ether oxygens (including phenoxy) is 1. The van der Waals surface area contributed by atoms with Gasteiger partial charge in [-0.15, -0.1) is 11.3 Å². The highest BCUT2D eigenvalue weighted by Crippen LogP contribution is 2.41. The molecule has 0 saturated carbocycles. The van der Waals surface area contributed by atoms with Crippen molar-refractivity contribution in [3.05, 3.63) is 47.5 Å². The largest absolute Gasteiger partial charge is 0.381 e. The second kappa shape index (κ2) is 9.24. The summed E-state index contributed by atoms with van der Waals surface area (Å²) in [4.78, 5) is 25.2. The van der Waals surface area contributed by atoms with Crippen LogP contribution < -0.4 is 16.0 Å². The van der Waals surface area contributed by atoms with Gasteiger partial charge >= 0.3 is 0 Å². The Morgan fingerprint density at radius 2 is 2.00 bits per heavy atom. The highest BCUT2D eigenvalue weighted by Gasteiger charge is 2.24. The van der Waals surface area contributed by atoms with E-state index in [4.69, 9.17) is 4.74 Å². The number of nitrogens with one attached hydrogen (secondary N) is 3. The molecule has 0 unspecified atom stereocenters. The molecule has 0 aliphatic carbocycles. The van der Waals surface area contributed by atoms with E-state index in [9.17, 15) is 9.18 Å². The second-order valence-electron chi connectivity index (χ2n) is 7.93. The van der Waals surface area contributed by atoms with Gasteiger partial charge in [0, 0.05) is 47.3 Å². The number of halogens is 1. The number of thiophene rings is 1. The number of aromatic nitrogens is 3. The number of anilines is 3. The maximum absolute atomic E-state index is 13.3. The summed E-state index contributed by atoms with van der Waals surface area (Å²) in [7, 11) is 0. The molecule has 1 saturated heterocycles. The molecular weight excluding hydrogens is 443 g/mol. The number of amides is 1. The van der Waals surface area contributed by atoms with Crippen LogP contribution in [0.2, 0.25) is 0 Å². The molecule has 5 heterocycles. The molecule has 0 bridgehead atoms. The molecule has 2 aliphatic rings. The van der Waals surface area contributed by atoms with Crippen LogP contribution >= 0.6 is 11.3 Å². The molecule has 2 aliphatic heterocycles. The first-order valence-electron chi connectivity index (χ1n) is 10.8. The molecule has 3 N–H and O–H groups in total. The van der Waals surface area contributed by atoms with Gasteiger partial charge in [0.15, 0.2) is 0 Å². The molecule has 1 amide bonds. The van der Waals surface area contributed by atoms with Crippen LogP contribution in [0.15, 0.2) is 36.7 Å². The van der Waals surface area contributed by atoms with Crippen LogP contribution in [0.5, 0.6) is 0 Å². The molecule has 8 nitrogen and oxygen atoms in total. The predicted octanol–water partition coefficient (Wildman–Crippen LogP) is 4.46. The first-order valence-corrected chi connectivity index (χ1v) is 11.6. The number of pyridine rings is 1. The Bertz CT molecular complexity index is 1320. The number of rotatable bonds is 2. The summed E-state index contributed by atoms with van der Waals surface area (Å²) >= 11 is 1.47. The molecule has 1 aromatic carbocycles. The van der Waals surface area contributed by atoms with E-state index in [1.165, 1.54) is 30.2 Å². The summed E-state index contributed by atoms with van der Waals surface area (Å²) in [5.74, 6) is 0.209. The van der Waals surface area contributed by atoms with E-state index in [1.807, 2.05) is 31.2 Å². The Balaban J connectivity index is 0.000000406. The fourth-order valence-electron chi connectivity index (χ4n) is 3.84. The van der Waals surface area contributed by atoms with Crippen molar-refractivity contribution in [2.75, 3.05) is 30.4 Å². The zero-order valence-corrected chi connectivity index (χ0v) is 18.8. The summed E-state index contributed by atoms with van der Waals surface area (Å²) in [5.41, 5.74) is 1.62. The molecule has 170 valence electrons. The quantitative estimate of drug-likeness (QED) is 0.375. The van der Waals surface area contributed by atoms with Crippen molar-refractivity contribution in [2.45, 2.75) is 25.8 Å². The molecule has 6 rings (SSSR count). The van der Waals surface area contributed by atoms with E-state index >= 15 is 0 Å². The smallest absolute Gasteiger partial charge is 0.263 e. The summed E-state index contributed by atoms with van der Waals surface area (Å²) in [6.45, 7) is 4.63. The lowest BCUT2D eigenvalue weighted by Crippen LogP contribution is -2.34. The zero-order chi connectivity index (χ0) is 22.8. The van der Waals surface area contributed by atoms with Crippen molar-refractivity contribution in [1.29, 1.82) is 0 Å². The third-order valence-corrected chi connectivity index (χ3v) is 6.56. The third kappa shape index (κ3) is 4.57. The van der Waals surface area contributed by atoms with Crippen LogP contribution in [0.4, 0.5) is 21.7 Å². The van der Waals surface area contributed by atoms with Crippen LogP contribution in [-0.4, -0.2) is 46.7 Å². The van der Waals surface area contributed by atoms with Crippen molar-refractivity contribution in [1.82, 2.24) is 20.3 Å². The van der Waals surface area contributed by atoms with Gasteiger partial charge in [0.05, 0.1) is 11.2 Å². The van der Waals surface area contributed by atoms with Crippen LogP contribution in [0.3, 0.4) is 0 Å². The van der Waals surface area contributed by atoms with Gasteiger partial charge in [0.2, 0.25) is 5.95 Å². The minimum Gasteiger partial charge on any atom is -0.381 e. The van der Waals surface area contributed by atoms with Crippen molar-refractivity contribution in [3.63, 3.8) is 0 Å². The van der Waals surface area contributed by atoms with Gasteiger partial charge in [-0.05, 0) is 44.0 Å². The zero-order valence-electron chi connectivity index (χ0n) is 18.0. The topological polar surface area (TPSA) is 101 Å². The molecule has 0 radical (unpaired) electrons. The number of fused-ring (bicyclic) bond motifs is 5. The van der Waals surface area contributed by atoms with Gasteiger partial charge in [0.1, 0.15) is 22.8 Å². The first-order chi connectivity index (χ1) is 16.1. The van der Waals surface area contributed by atoms with E-state index < -0.39 is 5.95 Å². The van der Waals surface area contributed by atoms with Crippen molar-refractivity contribution in [2.24, 2.45) is 0 Å². The number of hydrogen-bond acceptors (Lipinski definition) is 8. The number of hydrogen-bond donors (Lipinski definition) is 3. The third-order valence-electron chi connectivity index (χ3n) is 5.41. The van der Waals surface area contributed by atoms with Gasteiger partial charge in [-0.1, -0.05) is 0 Å². The average molecular weight is 467 g/mol. The number of carbonyl (C=O) groups is 1. The van der Waals surface area contributed by atoms with E-state index in [0.29, 0.717) is 23.1 Å². The molecule has 4 aromatic rings. The predicted molar refractivity (Wildman–Crippen MR) is 128 cm³/mol. The SMILES string of the molecule is C1CCOC1.C[C@@H]1CNc2c(sc3ccc4nc(Nc5cc(F)ncn5)ccc4c23)C(=O)N1. The monoisotopic (exact) mass is 466 g/mol. The van der Waals surface area contributed by atoms with Gasteiger partial charge in [-0.2, -0.15) is 4.39 Å². The lowest BCUT2D eigenvalue weighted by Gasteiger charge is -2.10. The number of benzene rings is 1. The summed E-state index contributed by atoms with van der Waals surface area (Å²) in [5, 5.41) is 11.3. The maximum atomic E-state index is 13.3. The molecule has 1 fully saturated rings. The van der Waals surface area contributed by atoms with Crippen molar-refractivity contribution in [3.8, 4) is 0 Å². The van der Waals surface area contributed by atoms with Crippen LogP contribution in [-0.2, 0) is 4.74 Å². The van der Waals surface area contributed by atoms with E-state index in [1.54, 1.807) is 0 Å². The number of carbonyl (C=O) groups excluding carboxylic acids is 1. The molecule has 33 heavy (non-hydrogen) atoms. The van der Waals surface area contributed by atoms with Gasteiger partial charge in [-0.3, -0.25) is 4.79 Å². The van der Waals surface area contributed by atoms with Gasteiger partial charge < -0.3 is 20.7 Å².